The maximum atomic E-state index is 11.9. The Bertz CT molecular complexity index is 473. The quantitative estimate of drug-likeness (QED) is 0.480. The first-order valence-electron chi connectivity index (χ1n) is 5.34. The number of benzene rings is 1. The van der Waals surface area contributed by atoms with Crippen LogP contribution >= 0.6 is 0 Å². The Hall–Kier alpha value is -2.16. The van der Waals surface area contributed by atoms with Crippen molar-refractivity contribution in [3.05, 3.63) is 53.8 Å². The molecule has 1 aromatic rings. The van der Waals surface area contributed by atoms with E-state index in [2.05, 4.69) is 17.0 Å². The maximum absolute atomic E-state index is 11.9. The highest BCUT2D eigenvalue weighted by molar-refractivity contribution is 6.05. The molecule has 0 unspecified atom stereocenters. The van der Waals surface area contributed by atoms with Gasteiger partial charge >= 0.3 is 0 Å². The standard InChI is InChI=1S/C14H16N2O/c1-4-12(8-9-15-3)14(17)16-13-7-5-6-11(2)10-13/h4-10H,3H2,1-2H3,(H,16,17)/b9-8-,12-4+. The van der Waals surface area contributed by atoms with Gasteiger partial charge < -0.3 is 5.32 Å². The van der Waals surface area contributed by atoms with E-state index < -0.39 is 0 Å². The molecule has 0 aliphatic carbocycles. The average Bonchev–Trinajstić information content (AvgIpc) is 2.30. The molecule has 1 N–H and O–H groups in total. The molecule has 3 heteroatoms. The van der Waals surface area contributed by atoms with Gasteiger partial charge in [-0.25, -0.2) is 0 Å². The van der Waals surface area contributed by atoms with Crippen molar-refractivity contribution in [3.63, 3.8) is 0 Å². The topological polar surface area (TPSA) is 41.5 Å². The molecule has 1 amide bonds. The Morgan fingerprint density at radius 3 is 2.82 bits per heavy atom. The zero-order valence-corrected chi connectivity index (χ0v) is 10.1. The Morgan fingerprint density at radius 2 is 2.24 bits per heavy atom. The van der Waals surface area contributed by atoms with Crippen LogP contribution < -0.4 is 5.32 Å². The van der Waals surface area contributed by atoms with Gasteiger partial charge in [-0.2, -0.15) is 0 Å². The summed E-state index contributed by atoms with van der Waals surface area (Å²) in [6.45, 7) is 7.11. The van der Waals surface area contributed by atoms with E-state index in [0.29, 0.717) is 5.57 Å². The lowest BCUT2D eigenvalue weighted by atomic mass is 10.2. The molecule has 88 valence electrons. The number of carbonyl (C=O) groups excluding carboxylic acids is 1. The molecule has 0 aliphatic rings. The van der Waals surface area contributed by atoms with Crippen LogP contribution in [0.25, 0.3) is 0 Å². The monoisotopic (exact) mass is 228 g/mol. The van der Waals surface area contributed by atoms with Gasteiger partial charge in [0.25, 0.3) is 5.91 Å². The number of nitrogens with one attached hydrogen (secondary N) is 1. The number of amides is 1. The summed E-state index contributed by atoms with van der Waals surface area (Å²) < 4.78 is 0. The van der Waals surface area contributed by atoms with Crippen molar-refractivity contribution in [1.82, 2.24) is 0 Å². The normalized spacial score (nSPS) is 11.5. The van der Waals surface area contributed by atoms with Gasteiger partial charge in [0.05, 0.1) is 0 Å². The zero-order valence-electron chi connectivity index (χ0n) is 10.1. The second-order valence-electron chi connectivity index (χ2n) is 3.57. The van der Waals surface area contributed by atoms with Crippen molar-refractivity contribution >= 4 is 18.3 Å². The molecule has 1 aromatic carbocycles. The lowest BCUT2D eigenvalue weighted by molar-refractivity contribution is -0.112. The Morgan fingerprint density at radius 1 is 1.47 bits per heavy atom. The predicted molar refractivity (Wildman–Crippen MR) is 72.3 cm³/mol. The summed E-state index contributed by atoms with van der Waals surface area (Å²) in [6, 6.07) is 7.66. The fraction of sp³-hybridized carbons (Fsp3) is 0.143. The molecule has 0 atom stereocenters. The summed E-state index contributed by atoms with van der Waals surface area (Å²) in [5, 5.41) is 2.82. The molecule has 0 heterocycles. The van der Waals surface area contributed by atoms with Crippen LogP contribution in [0.4, 0.5) is 5.69 Å². The fourth-order valence-corrected chi connectivity index (χ4v) is 1.36. The number of allylic oxidation sites excluding steroid dienone is 1. The third-order valence-electron chi connectivity index (χ3n) is 2.21. The van der Waals surface area contributed by atoms with E-state index in [9.17, 15) is 4.79 Å². The minimum absolute atomic E-state index is 0.155. The van der Waals surface area contributed by atoms with Crippen molar-refractivity contribution in [3.8, 4) is 0 Å². The first kappa shape index (κ1) is 12.9. The van der Waals surface area contributed by atoms with Crippen LogP contribution in [0.5, 0.6) is 0 Å². The number of carbonyl (C=O) groups is 1. The number of nitrogens with zero attached hydrogens (tertiary/aromatic N) is 1. The van der Waals surface area contributed by atoms with Gasteiger partial charge in [-0.05, 0) is 44.3 Å². The molecule has 17 heavy (non-hydrogen) atoms. The third kappa shape index (κ3) is 4.07. The van der Waals surface area contributed by atoms with Crippen LogP contribution in [0.3, 0.4) is 0 Å². The first-order valence-corrected chi connectivity index (χ1v) is 5.34. The van der Waals surface area contributed by atoms with Gasteiger partial charge in [0.2, 0.25) is 0 Å². The predicted octanol–water partition coefficient (Wildman–Crippen LogP) is 3.09. The van der Waals surface area contributed by atoms with Crippen molar-refractivity contribution in [1.29, 1.82) is 0 Å². The van der Waals surface area contributed by atoms with Crippen molar-refractivity contribution in [2.75, 3.05) is 5.32 Å². The molecular weight excluding hydrogens is 212 g/mol. The SMILES string of the molecule is C=N/C=C\C(=C/C)C(=O)Nc1cccc(C)c1. The van der Waals surface area contributed by atoms with Crippen LogP contribution in [0.2, 0.25) is 0 Å². The number of aliphatic imine (C=N–C) groups is 1. The van der Waals surface area contributed by atoms with Crippen LogP contribution in [-0.2, 0) is 4.79 Å². The highest BCUT2D eigenvalue weighted by Gasteiger charge is 2.05. The van der Waals surface area contributed by atoms with Crippen molar-refractivity contribution in [2.24, 2.45) is 4.99 Å². The zero-order chi connectivity index (χ0) is 12.7. The number of hydrogen-bond acceptors (Lipinski definition) is 2. The summed E-state index contributed by atoms with van der Waals surface area (Å²) in [6.07, 6.45) is 4.84. The molecule has 0 spiro atoms. The van der Waals surface area contributed by atoms with Gasteiger partial charge in [-0.1, -0.05) is 18.2 Å². The molecule has 0 aromatic heterocycles. The fourth-order valence-electron chi connectivity index (χ4n) is 1.36. The van der Waals surface area contributed by atoms with Crippen LogP contribution in [0.15, 0.2) is 53.2 Å². The van der Waals surface area contributed by atoms with Gasteiger partial charge in [0.1, 0.15) is 0 Å². The average molecular weight is 228 g/mol. The van der Waals surface area contributed by atoms with Gasteiger partial charge in [0.15, 0.2) is 0 Å². The summed E-state index contributed by atoms with van der Waals surface area (Å²) in [5.74, 6) is -0.155. The highest BCUT2D eigenvalue weighted by atomic mass is 16.1. The van der Waals surface area contributed by atoms with Crippen LogP contribution in [-0.4, -0.2) is 12.6 Å². The maximum Gasteiger partial charge on any atom is 0.255 e. The molecule has 0 saturated heterocycles. The molecular formula is C14H16N2O. The van der Waals surface area contributed by atoms with E-state index in [1.165, 1.54) is 6.20 Å². The van der Waals surface area contributed by atoms with E-state index >= 15 is 0 Å². The summed E-state index contributed by atoms with van der Waals surface area (Å²) in [7, 11) is 0. The van der Waals surface area contributed by atoms with E-state index in [-0.39, 0.29) is 5.91 Å². The summed E-state index contributed by atoms with van der Waals surface area (Å²) in [4.78, 5) is 15.4. The Kier molecular flexibility index (Phi) is 4.88. The van der Waals surface area contributed by atoms with Gasteiger partial charge in [-0.15, -0.1) is 0 Å². The number of anilines is 1. The lowest BCUT2D eigenvalue weighted by Crippen LogP contribution is -2.13. The summed E-state index contributed by atoms with van der Waals surface area (Å²) >= 11 is 0. The summed E-state index contributed by atoms with van der Waals surface area (Å²) in [5.41, 5.74) is 2.45. The highest BCUT2D eigenvalue weighted by Crippen LogP contribution is 2.11. The molecule has 0 bridgehead atoms. The molecule has 0 aliphatic heterocycles. The van der Waals surface area contributed by atoms with E-state index in [1.807, 2.05) is 31.2 Å². The number of aryl methyl sites for hydroxylation is 1. The van der Waals surface area contributed by atoms with Gasteiger partial charge in [-0.3, -0.25) is 9.79 Å². The molecule has 0 fully saturated rings. The van der Waals surface area contributed by atoms with E-state index in [1.54, 1.807) is 19.1 Å². The molecule has 0 radical (unpaired) electrons. The number of rotatable bonds is 4. The van der Waals surface area contributed by atoms with Crippen LogP contribution in [0, 0.1) is 6.92 Å². The van der Waals surface area contributed by atoms with Crippen molar-refractivity contribution < 1.29 is 4.79 Å². The first-order chi connectivity index (χ1) is 8.17. The minimum atomic E-state index is -0.155. The number of hydrogen-bond donors (Lipinski definition) is 1. The van der Waals surface area contributed by atoms with E-state index in [0.717, 1.165) is 11.3 Å². The third-order valence-corrected chi connectivity index (χ3v) is 2.21. The Balaban J connectivity index is 2.78. The lowest BCUT2D eigenvalue weighted by Gasteiger charge is -2.06. The van der Waals surface area contributed by atoms with Crippen molar-refractivity contribution in [2.45, 2.75) is 13.8 Å². The van der Waals surface area contributed by atoms with Crippen LogP contribution in [0.1, 0.15) is 12.5 Å². The molecule has 3 nitrogen and oxygen atoms in total. The second kappa shape index (κ2) is 6.43. The van der Waals surface area contributed by atoms with Gasteiger partial charge in [0, 0.05) is 17.5 Å². The largest absolute Gasteiger partial charge is 0.322 e. The smallest absolute Gasteiger partial charge is 0.255 e. The Labute approximate surface area is 102 Å². The molecule has 1 rings (SSSR count). The second-order valence-corrected chi connectivity index (χ2v) is 3.57. The molecule has 0 saturated carbocycles. The van der Waals surface area contributed by atoms with E-state index in [4.69, 9.17) is 0 Å². The minimum Gasteiger partial charge on any atom is -0.322 e.